The van der Waals surface area contributed by atoms with Gasteiger partial charge in [-0.05, 0) is 37.6 Å². The van der Waals surface area contributed by atoms with Crippen molar-refractivity contribution in [2.45, 2.75) is 20.4 Å². The van der Waals surface area contributed by atoms with Crippen molar-refractivity contribution in [1.29, 1.82) is 0 Å². The van der Waals surface area contributed by atoms with Gasteiger partial charge in [0, 0.05) is 23.4 Å². The van der Waals surface area contributed by atoms with E-state index in [-0.39, 0.29) is 5.56 Å². The third-order valence-corrected chi connectivity index (χ3v) is 3.17. The van der Waals surface area contributed by atoms with Crippen LogP contribution in [0.5, 0.6) is 5.75 Å². The zero-order valence-electron chi connectivity index (χ0n) is 10.8. The summed E-state index contributed by atoms with van der Waals surface area (Å²) in [5.74, 6) is 1.11. The van der Waals surface area contributed by atoms with Gasteiger partial charge in [-0.3, -0.25) is 4.79 Å². The molecule has 18 heavy (non-hydrogen) atoms. The molecule has 1 aromatic heterocycles. The predicted molar refractivity (Wildman–Crippen MR) is 75.0 cm³/mol. The highest BCUT2D eigenvalue weighted by Gasteiger charge is 2.11. The molecule has 4 heteroatoms. The molecule has 0 bridgehead atoms. The molecule has 3 nitrogen and oxygen atoms in total. The van der Waals surface area contributed by atoms with E-state index in [2.05, 4.69) is 6.07 Å². The smallest absolute Gasteiger partial charge is 0.254 e. The first-order valence-electron chi connectivity index (χ1n) is 5.83. The summed E-state index contributed by atoms with van der Waals surface area (Å²) in [5.41, 5.74) is 2.64. The maximum absolute atomic E-state index is 12.2. The molecule has 0 aliphatic carbocycles. The van der Waals surface area contributed by atoms with Crippen molar-refractivity contribution < 1.29 is 4.74 Å². The molecular formula is C14H16ClNO2. The lowest BCUT2D eigenvalue weighted by Crippen LogP contribution is -2.23. The number of alkyl halides is 1. The molecule has 0 aliphatic heterocycles. The van der Waals surface area contributed by atoms with E-state index in [1.807, 2.05) is 26.0 Å². The first-order chi connectivity index (χ1) is 8.58. The number of hydrogen-bond acceptors (Lipinski definition) is 2. The second-order valence-electron chi connectivity index (χ2n) is 4.38. The van der Waals surface area contributed by atoms with Gasteiger partial charge in [-0.25, -0.2) is 0 Å². The summed E-state index contributed by atoms with van der Waals surface area (Å²) in [6.45, 7) is 4.31. The lowest BCUT2D eigenvalue weighted by Gasteiger charge is -2.14. The Hall–Kier alpha value is -1.48. The third-order valence-electron chi connectivity index (χ3n) is 3.00. The molecule has 0 radical (unpaired) electrons. The molecule has 0 amide bonds. The number of fused-ring (bicyclic) bond motifs is 1. The number of halogens is 1. The van der Waals surface area contributed by atoms with Crippen molar-refractivity contribution in [3.63, 3.8) is 0 Å². The molecule has 2 rings (SSSR count). The second kappa shape index (κ2) is 5.02. The van der Waals surface area contributed by atoms with Gasteiger partial charge in [-0.15, -0.1) is 11.6 Å². The Labute approximate surface area is 111 Å². The predicted octanol–water partition coefficient (Wildman–Crippen LogP) is 2.87. The van der Waals surface area contributed by atoms with Crippen LogP contribution in [0.4, 0.5) is 0 Å². The maximum Gasteiger partial charge on any atom is 0.254 e. The van der Waals surface area contributed by atoms with Gasteiger partial charge in [-0.1, -0.05) is 0 Å². The molecule has 0 saturated carbocycles. The van der Waals surface area contributed by atoms with Crippen molar-refractivity contribution in [3.8, 4) is 5.75 Å². The average molecular weight is 266 g/mol. The monoisotopic (exact) mass is 265 g/mol. The van der Waals surface area contributed by atoms with Gasteiger partial charge >= 0.3 is 0 Å². The van der Waals surface area contributed by atoms with Crippen LogP contribution in [-0.2, 0) is 6.54 Å². The number of pyridine rings is 1. The minimum absolute atomic E-state index is 0.00898. The van der Waals surface area contributed by atoms with Crippen LogP contribution >= 0.6 is 11.6 Å². The molecule has 0 fully saturated rings. The Morgan fingerprint density at radius 3 is 2.61 bits per heavy atom. The SMILES string of the molecule is COc1cc(C)cc2cc(C)c(=O)n(CCCl)c12. The summed E-state index contributed by atoms with van der Waals surface area (Å²) in [4.78, 5) is 12.2. The van der Waals surface area contributed by atoms with Crippen molar-refractivity contribution in [1.82, 2.24) is 4.57 Å². The van der Waals surface area contributed by atoms with Crippen LogP contribution in [0, 0.1) is 13.8 Å². The molecule has 0 saturated heterocycles. The van der Waals surface area contributed by atoms with Crippen LogP contribution < -0.4 is 10.3 Å². The quantitative estimate of drug-likeness (QED) is 0.799. The number of benzene rings is 1. The maximum atomic E-state index is 12.2. The minimum Gasteiger partial charge on any atom is -0.495 e. The molecule has 0 N–H and O–H groups in total. The van der Waals surface area contributed by atoms with Crippen molar-refractivity contribution in [3.05, 3.63) is 39.7 Å². The average Bonchev–Trinajstić information content (AvgIpc) is 2.33. The minimum atomic E-state index is -0.00898. The fraction of sp³-hybridized carbons (Fsp3) is 0.357. The van der Waals surface area contributed by atoms with E-state index < -0.39 is 0 Å². The number of ether oxygens (including phenoxy) is 1. The van der Waals surface area contributed by atoms with Gasteiger partial charge in [0.1, 0.15) is 5.75 Å². The molecule has 0 unspecified atom stereocenters. The number of nitrogens with zero attached hydrogens (tertiary/aromatic N) is 1. The van der Waals surface area contributed by atoms with Gasteiger partial charge in [0.2, 0.25) is 0 Å². The first-order valence-corrected chi connectivity index (χ1v) is 6.36. The van der Waals surface area contributed by atoms with Crippen molar-refractivity contribution in [2.24, 2.45) is 0 Å². The molecule has 96 valence electrons. The number of methoxy groups -OCH3 is 1. The van der Waals surface area contributed by atoms with Gasteiger partial charge in [-0.2, -0.15) is 0 Å². The van der Waals surface area contributed by atoms with E-state index in [1.54, 1.807) is 11.7 Å². The summed E-state index contributed by atoms with van der Waals surface area (Å²) in [6.07, 6.45) is 0. The molecule has 1 aromatic carbocycles. The van der Waals surface area contributed by atoms with Crippen LogP contribution in [0.3, 0.4) is 0 Å². The van der Waals surface area contributed by atoms with Crippen LogP contribution in [-0.4, -0.2) is 17.6 Å². The second-order valence-corrected chi connectivity index (χ2v) is 4.76. The molecule has 0 aliphatic rings. The summed E-state index contributed by atoms with van der Waals surface area (Å²) < 4.78 is 7.08. The van der Waals surface area contributed by atoms with Gasteiger partial charge in [0.05, 0.1) is 12.6 Å². The van der Waals surface area contributed by atoms with E-state index in [4.69, 9.17) is 16.3 Å². The molecule has 0 spiro atoms. The zero-order chi connectivity index (χ0) is 13.3. The Kier molecular flexibility index (Phi) is 3.62. The van der Waals surface area contributed by atoms with Crippen LogP contribution in [0.2, 0.25) is 0 Å². The van der Waals surface area contributed by atoms with Crippen molar-refractivity contribution in [2.75, 3.05) is 13.0 Å². The standard InChI is InChI=1S/C14H16ClNO2/c1-9-6-11-8-10(2)14(17)16(5-4-15)13(11)12(7-9)18-3/h6-8H,4-5H2,1-3H3. The molecule has 1 heterocycles. The third kappa shape index (κ3) is 2.10. The Bertz CT molecular complexity index is 646. The molecular weight excluding hydrogens is 250 g/mol. The van der Waals surface area contributed by atoms with Gasteiger partial charge in [0.25, 0.3) is 5.56 Å². The van der Waals surface area contributed by atoms with E-state index in [1.165, 1.54) is 0 Å². The zero-order valence-corrected chi connectivity index (χ0v) is 11.5. The van der Waals surface area contributed by atoms with Crippen LogP contribution in [0.25, 0.3) is 10.9 Å². The summed E-state index contributed by atoms with van der Waals surface area (Å²) >= 11 is 5.79. The van der Waals surface area contributed by atoms with Crippen molar-refractivity contribution >= 4 is 22.5 Å². The lowest BCUT2D eigenvalue weighted by atomic mass is 10.1. The van der Waals surface area contributed by atoms with Crippen LogP contribution in [0.15, 0.2) is 23.0 Å². The number of aromatic nitrogens is 1. The fourth-order valence-electron chi connectivity index (χ4n) is 2.23. The number of hydrogen-bond donors (Lipinski definition) is 0. The topological polar surface area (TPSA) is 31.2 Å². The van der Waals surface area contributed by atoms with Gasteiger partial charge < -0.3 is 9.30 Å². The highest BCUT2D eigenvalue weighted by molar-refractivity contribution is 6.17. The Morgan fingerprint density at radius 1 is 1.28 bits per heavy atom. The van der Waals surface area contributed by atoms with E-state index in [0.717, 1.165) is 22.0 Å². The van der Waals surface area contributed by atoms with Crippen LogP contribution in [0.1, 0.15) is 11.1 Å². The summed E-state index contributed by atoms with van der Waals surface area (Å²) in [6, 6.07) is 5.88. The normalized spacial score (nSPS) is 10.9. The Morgan fingerprint density at radius 2 is 2.00 bits per heavy atom. The lowest BCUT2D eigenvalue weighted by molar-refractivity contribution is 0.416. The number of rotatable bonds is 3. The first kappa shape index (κ1) is 13.0. The number of aryl methyl sites for hydroxylation is 3. The highest BCUT2D eigenvalue weighted by Crippen LogP contribution is 2.26. The highest BCUT2D eigenvalue weighted by atomic mass is 35.5. The Balaban J connectivity index is 2.93. The van der Waals surface area contributed by atoms with E-state index in [9.17, 15) is 4.79 Å². The molecule has 0 atom stereocenters. The largest absolute Gasteiger partial charge is 0.495 e. The fourth-order valence-corrected chi connectivity index (χ4v) is 2.40. The van der Waals surface area contributed by atoms with E-state index >= 15 is 0 Å². The van der Waals surface area contributed by atoms with Gasteiger partial charge in [0.15, 0.2) is 0 Å². The molecule has 2 aromatic rings. The van der Waals surface area contributed by atoms with E-state index in [0.29, 0.717) is 18.2 Å². The summed E-state index contributed by atoms with van der Waals surface area (Å²) in [7, 11) is 1.61. The summed E-state index contributed by atoms with van der Waals surface area (Å²) in [5, 5.41) is 1.01.